The number of H-pyrrole nitrogens is 1. The Balaban J connectivity index is 1.65. The van der Waals surface area contributed by atoms with Crippen LogP contribution in [0.1, 0.15) is 24.2 Å². The summed E-state index contributed by atoms with van der Waals surface area (Å²) in [7, 11) is 0. The second kappa shape index (κ2) is 7.24. The number of aryl methyl sites for hydroxylation is 1. The van der Waals surface area contributed by atoms with Crippen LogP contribution in [0, 0.1) is 12.8 Å². The van der Waals surface area contributed by atoms with E-state index in [1.165, 1.54) is 6.42 Å². The van der Waals surface area contributed by atoms with Crippen LogP contribution in [0.25, 0.3) is 0 Å². The lowest BCUT2D eigenvalue weighted by Gasteiger charge is -2.31. The Morgan fingerprint density at radius 3 is 3.11 bits per heavy atom. The molecule has 1 fully saturated rings. The van der Waals surface area contributed by atoms with Crippen molar-refractivity contribution in [3.63, 3.8) is 0 Å². The molecular weight excluding hydrogens is 264 g/mol. The Bertz CT molecular complexity index is 396. The second-order valence-electron chi connectivity index (χ2n) is 5.28. The maximum Gasteiger partial charge on any atom is 0.0948 e. The van der Waals surface area contributed by atoms with E-state index in [4.69, 9.17) is 11.6 Å². The van der Waals surface area contributed by atoms with Gasteiger partial charge in [0.05, 0.1) is 16.4 Å². The van der Waals surface area contributed by atoms with Crippen molar-refractivity contribution in [2.24, 2.45) is 5.92 Å². The second-order valence-corrected chi connectivity index (χ2v) is 5.66. The monoisotopic (exact) mass is 286 g/mol. The minimum absolute atomic E-state index is 0.312. The fourth-order valence-corrected chi connectivity index (χ4v) is 2.68. The Hall–Kier alpha value is -0.620. The topological polar surface area (TPSA) is 64.2 Å². The van der Waals surface area contributed by atoms with Gasteiger partial charge in [-0.25, -0.2) is 0 Å². The molecule has 0 radical (unpaired) electrons. The third-order valence-corrected chi connectivity index (χ3v) is 4.20. The van der Waals surface area contributed by atoms with Crippen LogP contribution in [0.2, 0.25) is 5.02 Å². The first-order chi connectivity index (χ1) is 9.20. The quantitative estimate of drug-likeness (QED) is 0.687. The summed E-state index contributed by atoms with van der Waals surface area (Å²) in [4.78, 5) is 2.41. The zero-order valence-electron chi connectivity index (χ0n) is 11.5. The van der Waals surface area contributed by atoms with Gasteiger partial charge in [0, 0.05) is 32.8 Å². The van der Waals surface area contributed by atoms with Gasteiger partial charge in [-0.3, -0.25) is 5.10 Å². The van der Waals surface area contributed by atoms with Crippen LogP contribution in [-0.2, 0) is 6.54 Å². The van der Waals surface area contributed by atoms with E-state index >= 15 is 0 Å². The molecule has 5 nitrogen and oxygen atoms in total. The molecule has 0 spiro atoms. The van der Waals surface area contributed by atoms with E-state index in [1.54, 1.807) is 0 Å². The van der Waals surface area contributed by atoms with Crippen LogP contribution in [0.5, 0.6) is 0 Å². The fraction of sp³-hybridized carbons (Fsp3) is 0.769. The Morgan fingerprint density at radius 1 is 1.58 bits per heavy atom. The van der Waals surface area contributed by atoms with Gasteiger partial charge in [-0.1, -0.05) is 11.6 Å². The summed E-state index contributed by atoms with van der Waals surface area (Å²) in [6, 6.07) is 0. The number of piperidine rings is 1. The molecule has 2 heterocycles. The molecule has 3 N–H and O–H groups in total. The number of rotatable bonds is 6. The molecule has 1 saturated heterocycles. The molecule has 6 heteroatoms. The Labute approximate surface area is 119 Å². The molecule has 19 heavy (non-hydrogen) atoms. The standard InChI is InChI=1S/C13H23ClN4O/c1-10-13(14)12(17-16-10)7-15-4-6-18-5-2-3-11(8-18)9-19/h11,15,19H,2-9H2,1H3,(H,16,17). The first-order valence-corrected chi connectivity index (χ1v) is 7.31. The minimum atomic E-state index is 0.312. The van der Waals surface area contributed by atoms with Crippen LogP contribution in [-0.4, -0.2) is 53.0 Å². The van der Waals surface area contributed by atoms with E-state index in [2.05, 4.69) is 20.4 Å². The first-order valence-electron chi connectivity index (χ1n) is 6.94. The van der Waals surface area contributed by atoms with Crippen molar-refractivity contribution < 1.29 is 5.11 Å². The predicted molar refractivity (Wildman–Crippen MR) is 76.3 cm³/mol. The number of nitrogens with one attached hydrogen (secondary N) is 2. The highest BCUT2D eigenvalue weighted by Crippen LogP contribution is 2.17. The highest BCUT2D eigenvalue weighted by molar-refractivity contribution is 6.31. The lowest BCUT2D eigenvalue weighted by molar-refractivity contribution is 0.121. The number of nitrogens with zero attached hydrogens (tertiary/aromatic N) is 2. The number of aliphatic hydroxyl groups is 1. The molecule has 1 aliphatic rings. The molecule has 0 bridgehead atoms. The van der Waals surface area contributed by atoms with Crippen molar-refractivity contribution in [3.05, 3.63) is 16.4 Å². The summed E-state index contributed by atoms with van der Waals surface area (Å²) in [5.74, 6) is 0.456. The molecule has 0 aromatic carbocycles. The molecule has 0 amide bonds. The molecule has 0 aliphatic carbocycles. The van der Waals surface area contributed by atoms with Crippen LogP contribution < -0.4 is 5.32 Å². The highest BCUT2D eigenvalue weighted by Gasteiger charge is 2.18. The zero-order valence-corrected chi connectivity index (χ0v) is 12.2. The van der Waals surface area contributed by atoms with Crippen LogP contribution in [0.3, 0.4) is 0 Å². The summed E-state index contributed by atoms with van der Waals surface area (Å²) >= 11 is 6.10. The van der Waals surface area contributed by atoms with Gasteiger partial charge < -0.3 is 15.3 Å². The van der Waals surface area contributed by atoms with E-state index in [-0.39, 0.29) is 0 Å². The van der Waals surface area contributed by atoms with E-state index in [0.29, 0.717) is 19.1 Å². The summed E-state index contributed by atoms with van der Waals surface area (Å²) in [5.41, 5.74) is 1.80. The number of aliphatic hydroxyl groups excluding tert-OH is 1. The molecule has 1 aromatic heterocycles. The number of hydrogen-bond donors (Lipinski definition) is 3. The highest BCUT2D eigenvalue weighted by atomic mass is 35.5. The van der Waals surface area contributed by atoms with Crippen molar-refractivity contribution in [1.29, 1.82) is 0 Å². The van der Waals surface area contributed by atoms with E-state index in [1.807, 2.05) is 6.92 Å². The number of hydrogen-bond acceptors (Lipinski definition) is 4. The normalized spacial score (nSPS) is 20.9. The lowest BCUT2D eigenvalue weighted by atomic mass is 9.99. The zero-order chi connectivity index (χ0) is 13.7. The van der Waals surface area contributed by atoms with Gasteiger partial charge >= 0.3 is 0 Å². The predicted octanol–water partition coefficient (Wildman–Crippen LogP) is 1.17. The molecule has 2 rings (SSSR count). The molecular formula is C13H23ClN4O. The van der Waals surface area contributed by atoms with Crippen molar-refractivity contribution >= 4 is 11.6 Å². The molecule has 0 saturated carbocycles. The van der Waals surface area contributed by atoms with Crippen molar-refractivity contribution in [1.82, 2.24) is 20.4 Å². The largest absolute Gasteiger partial charge is 0.396 e. The van der Waals surface area contributed by atoms with Gasteiger partial charge in [0.1, 0.15) is 0 Å². The van der Waals surface area contributed by atoms with Gasteiger partial charge in [-0.2, -0.15) is 5.10 Å². The van der Waals surface area contributed by atoms with Gasteiger partial charge in [-0.05, 0) is 32.2 Å². The summed E-state index contributed by atoms with van der Waals surface area (Å²) in [5, 5.41) is 20.3. The van der Waals surface area contributed by atoms with Gasteiger partial charge in [0.25, 0.3) is 0 Å². The minimum Gasteiger partial charge on any atom is -0.396 e. The van der Waals surface area contributed by atoms with Crippen molar-refractivity contribution in [2.45, 2.75) is 26.3 Å². The van der Waals surface area contributed by atoms with Gasteiger partial charge in [0.2, 0.25) is 0 Å². The third-order valence-electron chi connectivity index (χ3n) is 3.70. The smallest absolute Gasteiger partial charge is 0.0948 e. The Morgan fingerprint density at radius 2 is 2.42 bits per heavy atom. The maximum atomic E-state index is 9.19. The number of likely N-dealkylation sites (tertiary alicyclic amines) is 1. The van der Waals surface area contributed by atoms with E-state index in [9.17, 15) is 5.11 Å². The Kier molecular flexibility index (Phi) is 5.63. The number of aromatic nitrogens is 2. The molecule has 108 valence electrons. The fourth-order valence-electron chi connectivity index (χ4n) is 2.53. The van der Waals surface area contributed by atoms with Crippen LogP contribution in [0.15, 0.2) is 0 Å². The molecule has 1 aliphatic heterocycles. The lowest BCUT2D eigenvalue weighted by Crippen LogP contribution is -2.40. The van der Waals surface area contributed by atoms with Crippen LogP contribution >= 0.6 is 11.6 Å². The average molecular weight is 287 g/mol. The van der Waals surface area contributed by atoms with Crippen molar-refractivity contribution in [3.8, 4) is 0 Å². The van der Waals surface area contributed by atoms with Gasteiger partial charge in [0.15, 0.2) is 0 Å². The number of halogens is 1. The average Bonchev–Trinajstić information content (AvgIpc) is 2.75. The van der Waals surface area contributed by atoms with E-state index < -0.39 is 0 Å². The summed E-state index contributed by atoms with van der Waals surface area (Å²) in [6.45, 7) is 7.01. The molecule has 1 aromatic rings. The maximum absolute atomic E-state index is 9.19. The van der Waals surface area contributed by atoms with E-state index in [0.717, 1.165) is 49.0 Å². The summed E-state index contributed by atoms with van der Waals surface area (Å²) < 4.78 is 0. The van der Waals surface area contributed by atoms with Crippen molar-refractivity contribution in [2.75, 3.05) is 32.8 Å². The summed E-state index contributed by atoms with van der Waals surface area (Å²) in [6.07, 6.45) is 2.35. The first kappa shape index (κ1) is 14.8. The molecule has 1 unspecified atom stereocenters. The number of aromatic amines is 1. The molecule has 1 atom stereocenters. The van der Waals surface area contributed by atoms with Crippen LogP contribution in [0.4, 0.5) is 0 Å². The van der Waals surface area contributed by atoms with Gasteiger partial charge in [-0.15, -0.1) is 0 Å². The third kappa shape index (κ3) is 4.18. The SMILES string of the molecule is Cc1[nH]nc(CNCCN2CCCC(CO)C2)c1Cl.